The first-order valence-electron chi connectivity index (χ1n) is 6.97. The molecular formula is C15H18N4O. The van der Waals surface area contributed by atoms with Gasteiger partial charge in [0.2, 0.25) is 0 Å². The van der Waals surface area contributed by atoms with Gasteiger partial charge in [0.15, 0.2) is 0 Å². The van der Waals surface area contributed by atoms with Gasteiger partial charge in [-0.25, -0.2) is 9.78 Å². The van der Waals surface area contributed by atoms with Crippen LogP contribution in [-0.2, 0) is 19.5 Å². The van der Waals surface area contributed by atoms with Crippen LogP contribution < -0.4 is 5.69 Å². The first-order chi connectivity index (χ1) is 9.79. The Morgan fingerprint density at radius 3 is 2.95 bits per heavy atom. The Labute approximate surface area is 116 Å². The van der Waals surface area contributed by atoms with Crippen LogP contribution in [0.15, 0.2) is 41.5 Å². The highest BCUT2D eigenvalue weighted by atomic mass is 16.1. The lowest BCUT2D eigenvalue weighted by Gasteiger charge is -2.07. The number of benzene rings is 1. The molecule has 0 amide bonds. The van der Waals surface area contributed by atoms with Gasteiger partial charge in [0.1, 0.15) is 5.82 Å². The van der Waals surface area contributed by atoms with E-state index in [0.29, 0.717) is 6.54 Å². The summed E-state index contributed by atoms with van der Waals surface area (Å²) in [4.78, 5) is 19.1. The van der Waals surface area contributed by atoms with Crippen LogP contribution in [0.5, 0.6) is 0 Å². The number of fused-ring (bicyclic) bond motifs is 1. The smallest absolute Gasteiger partial charge is 0.326 e. The maximum absolute atomic E-state index is 11.9. The normalized spacial score (nSPS) is 11.2. The molecule has 0 aliphatic heterocycles. The second kappa shape index (κ2) is 5.36. The number of hydrogen-bond acceptors (Lipinski definition) is 2. The molecule has 3 rings (SSSR count). The number of H-pyrrole nitrogens is 1. The number of para-hydroxylation sites is 2. The summed E-state index contributed by atoms with van der Waals surface area (Å²) < 4.78 is 3.96. The highest BCUT2D eigenvalue weighted by molar-refractivity contribution is 5.74. The molecular weight excluding hydrogens is 252 g/mol. The van der Waals surface area contributed by atoms with Crippen molar-refractivity contribution in [1.82, 2.24) is 19.1 Å². The van der Waals surface area contributed by atoms with Gasteiger partial charge >= 0.3 is 5.69 Å². The summed E-state index contributed by atoms with van der Waals surface area (Å²) in [6.45, 7) is 3.70. The van der Waals surface area contributed by atoms with Gasteiger partial charge in [-0.2, -0.15) is 0 Å². The fraction of sp³-hybridized carbons (Fsp3) is 0.333. The van der Waals surface area contributed by atoms with E-state index in [1.807, 2.05) is 36.7 Å². The third kappa shape index (κ3) is 2.27. The van der Waals surface area contributed by atoms with E-state index in [2.05, 4.69) is 21.5 Å². The van der Waals surface area contributed by atoms with Crippen molar-refractivity contribution >= 4 is 11.0 Å². The van der Waals surface area contributed by atoms with E-state index in [4.69, 9.17) is 0 Å². The van der Waals surface area contributed by atoms with Crippen LogP contribution in [0.4, 0.5) is 0 Å². The van der Waals surface area contributed by atoms with Crippen molar-refractivity contribution in [2.75, 3.05) is 0 Å². The Kier molecular flexibility index (Phi) is 3.41. The summed E-state index contributed by atoms with van der Waals surface area (Å²) in [7, 11) is 0. The summed E-state index contributed by atoms with van der Waals surface area (Å²) in [5.74, 6) is 1.09. The summed E-state index contributed by atoms with van der Waals surface area (Å²) >= 11 is 0. The standard InChI is InChI=1S/C15H18N4O/c1-2-14-16-8-11-18(14)9-5-10-19-13-7-4-3-6-12(13)17-15(19)20/h3-4,6-8,11H,2,5,9-10H2,1H3,(H,17,20). The van der Waals surface area contributed by atoms with Crippen LogP contribution in [0.25, 0.3) is 11.0 Å². The minimum absolute atomic E-state index is 0.0347. The van der Waals surface area contributed by atoms with Crippen molar-refractivity contribution in [3.8, 4) is 0 Å². The van der Waals surface area contributed by atoms with Gasteiger partial charge in [-0.15, -0.1) is 0 Å². The third-order valence-corrected chi connectivity index (χ3v) is 3.58. The number of aromatic nitrogens is 4. The van der Waals surface area contributed by atoms with Crippen LogP contribution >= 0.6 is 0 Å². The minimum atomic E-state index is -0.0347. The van der Waals surface area contributed by atoms with Crippen molar-refractivity contribution in [2.45, 2.75) is 32.9 Å². The van der Waals surface area contributed by atoms with E-state index in [1.165, 1.54) is 0 Å². The van der Waals surface area contributed by atoms with Crippen LogP contribution in [0.2, 0.25) is 0 Å². The van der Waals surface area contributed by atoms with Gasteiger partial charge < -0.3 is 9.55 Å². The molecule has 20 heavy (non-hydrogen) atoms. The van der Waals surface area contributed by atoms with E-state index in [-0.39, 0.29) is 5.69 Å². The summed E-state index contributed by atoms with van der Waals surface area (Å²) in [5.41, 5.74) is 1.83. The zero-order chi connectivity index (χ0) is 13.9. The zero-order valence-corrected chi connectivity index (χ0v) is 11.5. The Hall–Kier alpha value is -2.30. The molecule has 0 spiro atoms. The molecule has 5 heteroatoms. The van der Waals surface area contributed by atoms with E-state index in [9.17, 15) is 4.79 Å². The molecule has 0 aliphatic carbocycles. The van der Waals surface area contributed by atoms with Crippen molar-refractivity contribution < 1.29 is 0 Å². The van der Waals surface area contributed by atoms with Crippen molar-refractivity contribution in [3.05, 3.63) is 53.0 Å². The number of hydrogen-bond donors (Lipinski definition) is 1. The molecule has 0 atom stereocenters. The Morgan fingerprint density at radius 2 is 2.10 bits per heavy atom. The Balaban J connectivity index is 1.74. The lowest BCUT2D eigenvalue weighted by molar-refractivity contribution is 0.549. The quantitative estimate of drug-likeness (QED) is 0.772. The molecule has 0 saturated heterocycles. The maximum Gasteiger partial charge on any atom is 0.326 e. The molecule has 1 aromatic carbocycles. The molecule has 0 radical (unpaired) electrons. The van der Waals surface area contributed by atoms with Gasteiger partial charge in [-0.3, -0.25) is 4.57 Å². The topological polar surface area (TPSA) is 55.6 Å². The number of aryl methyl sites for hydroxylation is 3. The maximum atomic E-state index is 11.9. The average molecular weight is 270 g/mol. The molecule has 104 valence electrons. The molecule has 0 fully saturated rings. The number of aromatic amines is 1. The van der Waals surface area contributed by atoms with Crippen LogP contribution in [-0.4, -0.2) is 19.1 Å². The van der Waals surface area contributed by atoms with E-state index < -0.39 is 0 Å². The number of nitrogens with zero attached hydrogens (tertiary/aromatic N) is 3. The molecule has 2 heterocycles. The molecule has 0 bridgehead atoms. The molecule has 5 nitrogen and oxygen atoms in total. The second-order valence-electron chi connectivity index (χ2n) is 4.84. The minimum Gasteiger partial charge on any atom is -0.335 e. The average Bonchev–Trinajstić information content (AvgIpc) is 3.03. The molecule has 1 N–H and O–H groups in total. The number of nitrogens with one attached hydrogen (secondary N) is 1. The third-order valence-electron chi connectivity index (χ3n) is 3.58. The van der Waals surface area contributed by atoms with E-state index in [0.717, 1.165) is 36.2 Å². The fourth-order valence-corrected chi connectivity index (χ4v) is 2.59. The van der Waals surface area contributed by atoms with Crippen molar-refractivity contribution in [1.29, 1.82) is 0 Å². The van der Waals surface area contributed by atoms with Crippen molar-refractivity contribution in [2.24, 2.45) is 0 Å². The number of imidazole rings is 2. The molecule has 0 unspecified atom stereocenters. The molecule has 0 saturated carbocycles. The lowest BCUT2D eigenvalue weighted by Crippen LogP contribution is -2.18. The first kappa shape index (κ1) is 12.7. The van der Waals surface area contributed by atoms with Crippen LogP contribution in [0.3, 0.4) is 0 Å². The Morgan fingerprint density at radius 1 is 1.25 bits per heavy atom. The Bertz CT molecular complexity index is 765. The monoisotopic (exact) mass is 270 g/mol. The van der Waals surface area contributed by atoms with Gasteiger partial charge in [0.25, 0.3) is 0 Å². The largest absolute Gasteiger partial charge is 0.335 e. The van der Waals surface area contributed by atoms with E-state index >= 15 is 0 Å². The van der Waals surface area contributed by atoms with Crippen molar-refractivity contribution in [3.63, 3.8) is 0 Å². The highest BCUT2D eigenvalue weighted by Crippen LogP contribution is 2.10. The van der Waals surface area contributed by atoms with Gasteiger partial charge in [-0.1, -0.05) is 19.1 Å². The second-order valence-corrected chi connectivity index (χ2v) is 4.84. The van der Waals surface area contributed by atoms with Gasteiger partial charge in [0, 0.05) is 31.9 Å². The highest BCUT2D eigenvalue weighted by Gasteiger charge is 2.06. The SMILES string of the molecule is CCc1nccn1CCCn1c(=O)[nH]c2ccccc21. The summed E-state index contributed by atoms with van der Waals surface area (Å²) in [6, 6.07) is 7.79. The number of rotatable bonds is 5. The van der Waals surface area contributed by atoms with Crippen LogP contribution in [0, 0.1) is 0 Å². The zero-order valence-electron chi connectivity index (χ0n) is 11.5. The fourth-order valence-electron chi connectivity index (χ4n) is 2.59. The van der Waals surface area contributed by atoms with E-state index in [1.54, 1.807) is 4.57 Å². The predicted molar refractivity (Wildman–Crippen MR) is 78.8 cm³/mol. The molecule has 0 aliphatic rings. The first-order valence-corrected chi connectivity index (χ1v) is 6.97. The molecule has 2 aromatic heterocycles. The van der Waals surface area contributed by atoms with Crippen LogP contribution in [0.1, 0.15) is 19.2 Å². The summed E-state index contributed by atoms with van der Waals surface area (Å²) in [5, 5.41) is 0. The molecule has 3 aromatic rings. The van der Waals surface area contributed by atoms with Gasteiger partial charge in [0.05, 0.1) is 11.0 Å². The summed E-state index contributed by atoms with van der Waals surface area (Å²) in [6.07, 6.45) is 5.67. The van der Waals surface area contributed by atoms with Gasteiger partial charge in [-0.05, 0) is 18.6 Å². The predicted octanol–water partition coefficient (Wildman–Crippen LogP) is 2.18. The lowest BCUT2D eigenvalue weighted by atomic mass is 10.3.